The number of fused-ring (bicyclic) bond motifs is 1. The molecular formula is C20H21N3O2S. The van der Waals surface area contributed by atoms with Gasteiger partial charge in [0.05, 0.1) is 23.1 Å². The first kappa shape index (κ1) is 18.2. The summed E-state index contributed by atoms with van der Waals surface area (Å²) >= 11 is 1.43. The molecule has 6 heteroatoms. The summed E-state index contributed by atoms with van der Waals surface area (Å²) in [5.74, 6) is 1.27. The Hall–Kier alpha value is -2.60. The molecule has 0 bridgehead atoms. The summed E-state index contributed by atoms with van der Waals surface area (Å²) in [6, 6.07) is 15.3. The first-order chi connectivity index (χ1) is 12.6. The Morgan fingerprint density at radius 1 is 1.15 bits per heavy atom. The minimum atomic E-state index is -0.317. The van der Waals surface area contributed by atoms with Crippen molar-refractivity contribution in [3.8, 4) is 5.75 Å². The molecular weight excluding hydrogens is 346 g/mol. The maximum atomic E-state index is 12.7. The highest BCUT2D eigenvalue weighted by Gasteiger charge is 2.18. The molecule has 0 saturated heterocycles. The third-order valence-electron chi connectivity index (χ3n) is 3.78. The highest BCUT2D eigenvalue weighted by Crippen LogP contribution is 2.30. The zero-order valence-electron chi connectivity index (χ0n) is 15.0. The number of hydrogen-bond donors (Lipinski definition) is 1. The maximum Gasteiger partial charge on any atom is 0.237 e. The van der Waals surface area contributed by atoms with Crippen molar-refractivity contribution in [2.24, 2.45) is 0 Å². The quantitative estimate of drug-likeness (QED) is 0.515. The zero-order valence-corrected chi connectivity index (χ0v) is 15.8. The van der Waals surface area contributed by atoms with E-state index in [1.807, 2.05) is 69.3 Å². The van der Waals surface area contributed by atoms with Gasteiger partial charge in [-0.3, -0.25) is 4.79 Å². The van der Waals surface area contributed by atoms with E-state index in [2.05, 4.69) is 15.3 Å². The van der Waals surface area contributed by atoms with Gasteiger partial charge in [0.25, 0.3) is 0 Å². The van der Waals surface area contributed by atoms with E-state index >= 15 is 0 Å². The van der Waals surface area contributed by atoms with Crippen LogP contribution in [0.4, 0.5) is 5.69 Å². The topological polar surface area (TPSA) is 64.1 Å². The van der Waals surface area contributed by atoms with Gasteiger partial charge >= 0.3 is 0 Å². The maximum absolute atomic E-state index is 12.7. The van der Waals surface area contributed by atoms with Crippen LogP contribution < -0.4 is 10.1 Å². The number of aryl methyl sites for hydroxylation is 1. The third kappa shape index (κ3) is 4.14. The molecule has 3 aromatic rings. The Labute approximate surface area is 157 Å². The molecule has 1 amide bonds. The SMILES string of the molecule is CCOc1ccccc1NC(=O)[C@H](C)Sc1nc(C)nc2ccccc12. The van der Waals surface area contributed by atoms with Crippen LogP contribution in [0, 0.1) is 6.92 Å². The fourth-order valence-electron chi connectivity index (χ4n) is 2.55. The number of benzene rings is 2. The molecule has 3 rings (SSSR count). The van der Waals surface area contributed by atoms with Gasteiger partial charge in [-0.25, -0.2) is 9.97 Å². The number of aromatic nitrogens is 2. The largest absolute Gasteiger partial charge is 0.492 e. The number of thioether (sulfide) groups is 1. The number of carbonyl (C=O) groups excluding carboxylic acids is 1. The van der Waals surface area contributed by atoms with Crippen molar-refractivity contribution in [2.75, 3.05) is 11.9 Å². The van der Waals surface area contributed by atoms with E-state index in [4.69, 9.17) is 4.74 Å². The van der Waals surface area contributed by atoms with Gasteiger partial charge in [0, 0.05) is 5.39 Å². The molecule has 1 heterocycles. The van der Waals surface area contributed by atoms with E-state index in [9.17, 15) is 4.79 Å². The van der Waals surface area contributed by atoms with Crippen LogP contribution >= 0.6 is 11.8 Å². The lowest BCUT2D eigenvalue weighted by Gasteiger charge is -2.15. The van der Waals surface area contributed by atoms with E-state index in [-0.39, 0.29) is 11.2 Å². The van der Waals surface area contributed by atoms with Crippen LogP contribution in [0.2, 0.25) is 0 Å². The smallest absolute Gasteiger partial charge is 0.237 e. The van der Waals surface area contributed by atoms with Crippen LogP contribution in [0.5, 0.6) is 5.75 Å². The van der Waals surface area contributed by atoms with Crippen molar-refractivity contribution in [1.29, 1.82) is 0 Å². The van der Waals surface area contributed by atoms with Gasteiger partial charge in [0.1, 0.15) is 16.6 Å². The minimum Gasteiger partial charge on any atom is -0.492 e. The van der Waals surface area contributed by atoms with Crippen molar-refractivity contribution < 1.29 is 9.53 Å². The van der Waals surface area contributed by atoms with Gasteiger partial charge in [0.15, 0.2) is 0 Å². The second kappa shape index (κ2) is 8.19. The number of nitrogens with one attached hydrogen (secondary N) is 1. The van der Waals surface area contributed by atoms with E-state index in [0.29, 0.717) is 23.9 Å². The number of nitrogens with zero attached hydrogens (tertiary/aromatic N) is 2. The van der Waals surface area contributed by atoms with Crippen molar-refractivity contribution in [3.63, 3.8) is 0 Å². The number of carbonyl (C=O) groups is 1. The summed E-state index contributed by atoms with van der Waals surface area (Å²) in [6.45, 7) is 6.19. The van der Waals surface area contributed by atoms with Crippen molar-refractivity contribution in [3.05, 3.63) is 54.4 Å². The summed E-state index contributed by atoms with van der Waals surface area (Å²) in [4.78, 5) is 21.6. The highest BCUT2D eigenvalue weighted by molar-refractivity contribution is 8.00. The van der Waals surface area contributed by atoms with Crippen LogP contribution in [0.15, 0.2) is 53.6 Å². The molecule has 0 aliphatic rings. The summed E-state index contributed by atoms with van der Waals surface area (Å²) in [5.41, 5.74) is 1.56. The Kier molecular flexibility index (Phi) is 5.73. The number of rotatable bonds is 6. The molecule has 0 saturated carbocycles. The number of para-hydroxylation sites is 3. The molecule has 1 atom stereocenters. The van der Waals surface area contributed by atoms with Crippen molar-refractivity contribution in [2.45, 2.75) is 31.0 Å². The molecule has 1 N–H and O–H groups in total. The lowest BCUT2D eigenvalue weighted by atomic mass is 10.2. The Morgan fingerprint density at radius 3 is 2.69 bits per heavy atom. The van der Waals surface area contributed by atoms with Gasteiger partial charge in [-0.15, -0.1) is 0 Å². The molecule has 134 valence electrons. The van der Waals surface area contributed by atoms with Gasteiger partial charge in [-0.05, 0) is 39.0 Å². The summed E-state index contributed by atoms with van der Waals surface area (Å²) in [5, 5.41) is 4.40. The lowest BCUT2D eigenvalue weighted by Crippen LogP contribution is -2.23. The van der Waals surface area contributed by atoms with Crippen LogP contribution in [0.3, 0.4) is 0 Å². The van der Waals surface area contributed by atoms with Gasteiger partial charge in [-0.2, -0.15) is 0 Å². The van der Waals surface area contributed by atoms with Crippen LogP contribution in [-0.2, 0) is 4.79 Å². The van der Waals surface area contributed by atoms with Gasteiger partial charge in [-0.1, -0.05) is 42.1 Å². The second-order valence-corrected chi connectivity index (χ2v) is 7.10. The zero-order chi connectivity index (χ0) is 18.5. The Morgan fingerprint density at radius 2 is 1.88 bits per heavy atom. The Balaban J connectivity index is 1.78. The molecule has 0 radical (unpaired) electrons. The third-order valence-corrected chi connectivity index (χ3v) is 4.88. The summed E-state index contributed by atoms with van der Waals surface area (Å²) < 4.78 is 5.57. The second-order valence-electron chi connectivity index (χ2n) is 5.77. The molecule has 0 spiro atoms. The van der Waals surface area contributed by atoms with Crippen LogP contribution in [0.1, 0.15) is 19.7 Å². The average Bonchev–Trinajstić information content (AvgIpc) is 2.63. The Bertz CT molecular complexity index is 930. The first-order valence-electron chi connectivity index (χ1n) is 8.51. The summed E-state index contributed by atoms with van der Waals surface area (Å²) in [7, 11) is 0. The normalized spacial score (nSPS) is 12.0. The molecule has 0 unspecified atom stereocenters. The fraction of sp³-hybridized carbons (Fsp3) is 0.250. The molecule has 5 nitrogen and oxygen atoms in total. The standard InChI is InChI=1S/C20H21N3O2S/c1-4-25-18-12-8-7-11-17(18)23-19(24)13(2)26-20-15-9-5-6-10-16(15)21-14(3)22-20/h5-13H,4H2,1-3H3,(H,23,24)/t13-/m0/s1. The monoisotopic (exact) mass is 367 g/mol. The molecule has 26 heavy (non-hydrogen) atoms. The van der Waals surface area contributed by atoms with Crippen molar-refractivity contribution in [1.82, 2.24) is 9.97 Å². The molecule has 2 aromatic carbocycles. The first-order valence-corrected chi connectivity index (χ1v) is 9.39. The lowest BCUT2D eigenvalue weighted by molar-refractivity contribution is -0.115. The minimum absolute atomic E-state index is 0.0949. The fourth-order valence-corrected chi connectivity index (χ4v) is 3.54. The molecule has 0 aliphatic heterocycles. The number of amides is 1. The van der Waals surface area contributed by atoms with Gasteiger partial charge in [0.2, 0.25) is 5.91 Å². The molecule has 1 aromatic heterocycles. The number of ether oxygens (including phenoxy) is 1. The predicted molar refractivity (Wildman–Crippen MR) is 106 cm³/mol. The van der Waals surface area contributed by atoms with Gasteiger partial charge < -0.3 is 10.1 Å². The summed E-state index contributed by atoms with van der Waals surface area (Å²) in [6.07, 6.45) is 0. The number of hydrogen-bond acceptors (Lipinski definition) is 5. The van der Waals surface area contributed by atoms with E-state index in [1.165, 1.54) is 11.8 Å². The van der Waals surface area contributed by atoms with Crippen LogP contribution in [-0.4, -0.2) is 27.7 Å². The van der Waals surface area contributed by atoms with Crippen molar-refractivity contribution >= 4 is 34.3 Å². The average molecular weight is 367 g/mol. The number of anilines is 1. The van der Waals surface area contributed by atoms with E-state index < -0.39 is 0 Å². The highest BCUT2D eigenvalue weighted by atomic mass is 32.2. The molecule has 0 aliphatic carbocycles. The van der Waals surface area contributed by atoms with E-state index in [1.54, 1.807) is 0 Å². The predicted octanol–water partition coefficient (Wildman–Crippen LogP) is 4.46. The van der Waals surface area contributed by atoms with Crippen LogP contribution in [0.25, 0.3) is 10.9 Å². The van der Waals surface area contributed by atoms with E-state index in [0.717, 1.165) is 15.9 Å². The molecule has 0 fully saturated rings.